The molecule has 2 aromatic heterocycles. The number of rotatable bonds is 5. The molecule has 0 radical (unpaired) electrons. The SMILES string of the molecule is CCOc1cc(C)nc(N2CCN(C(=O)C(C)n3ccnc3)CC2)n1. The van der Waals surface area contributed by atoms with Crippen LogP contribution in [0.5, 0.6) is 5.88 Å². The fraction of sp³-hybridized carbons (Fsp3) is 0.529. The first-order valence-electron chi connectivity index (χ1n) is 8.58. The number of amides is 1. The van der Waals surface area contributed by atoms with Crippen LogP contribution in [0.3, 0.4) is 0 Å². The zero-order valence-corrected chi connectivity index (χ0v) is 14.9. The van der Waals surface area contributed by atoms with Crippen LogP contribution in [0.2, 0.25) is 0 Å². The molecule has 3 heterocycles. The quantitative estimate of drug-likeness (QED) is 0.813. The van der Waals surface area contributed by atoms with Crippen molar-refractivity contribution in [3.05, 3.63) is 30.5 Å². The normalized spacial score (nSPS) is 16.0. The van der Waals surface area contributed by atoms with Crippen LogP contribution in [0.15, 0.2) is 24.8 Å². The molecule has 0 spiro atoms. The number of hydrogen-bond acceptors (Lipinski definition) is 6. The Hall–Kier alpha value is -2.64. The number of aryl methyl sites for hydroxylation is 1. The van der Waals surface area contributed by atoms with Gasteiger partial charge in [-0.3, -0.25) is 4.79 Å². The molecule has 1 amide bonds. The molecule has 8 heteroatoms. The number of carbonyl (C=O) groups is 1. The van der Waals surface area contributed by atoms with Crippen LogP contribution >= 0.6 is 0 Å². The van der Waals surface area contributed by atoms with Gasteiger partial charge in [0.05, 0.1) is 12.9 Å². The highest BCUT2D eigenvalue weighted by Gasteiger charge is 2.26. The molecule has 0 bridgehead atoms. The molecule has 0 N–H and O–H groups in total. The highest BCUT2D eigenvalue weighted by molar-refractivity contribution is 5.80. The van der Waals surface area contributed by atoms with Crippen molar-refractivity contribution in [3.8, 4) is 5.88 Å². The minimum absolute atomic E-state index is 0.109. The summed E-state index contributed by atoms with van der Waals surface area (Å²) in [6.07, 6.45) is 5.18. The summed E-state index contributed by atoms with van der Waals surface area (Å²) < 4.78 is 7.33. The van der Waals surface area contributed by atoms with Gasteiger partial charge in [0.25, 0.3) is 0 Å². The van der Waals surface area contributed by atoms with E-state index in [0.29, 0.717) is 44.6 Å². The van der Waals surface area contributed by atoms with Crippen LogP contribution in [-0.2, 0) is 4.79 Å². The average molecular weight is 344 g/mol. The van der Waals surface area contributed by atoms with Crippen molar-refractivity contribution in [2.45, 2.75) is 26.8 Å². The van der Waals surface area contributed by atoms with Crippen LogP contribution in [0.1, 0.15) is 25.6 Å². The number of imidazole rings is 1. The third kappa shape index (κ3) is 3.89. The van der Waals surface area contributed by atoms with Crippen molar-refractivity contribution < 1.29 is 9.53 Å². The standard InChI is InChI=1S/C17H24N6O2/c1-4-25-15-11-13(2)19-17(20-15)22-9-7-21(8-10-22)16(24)14(3)23-6-5-18-12-23/h5-6,11-12,14H,4,7-10H2,1-3H3. The molecule has 1 aliphatic rings. The molecule has 1 fully saturated rings. The number of anilines is 1. The van der Waals surface area contributed by atoms with Crippen molar-refractivity contribution in [3.63, 3.8) is 0 Å². The molecule has 0 aromatic carbocycles. The third-order valence-corrected chi connectivity index (χ3v) is 4.31. The minimum Gasteiger partial charge on any atom is -0.478 e. The molecule has 1 atom stereocenters. The molecule has 3 rings (SSSR count). The number of ether oxygens (including phenoxy) is 1. The van der Waals surface area contributed by atoms with E-state index in [-0.39, 0.29) is 11.9 Å². The van der Waals surface area contributed by atoms with E-state index in [9.17, 15) is 4.79 Å². The molecule has 134 valence electrons. The first kappa shape index (κ1) is 17.2. The maximum Gasteiger partial charge on any atom is 0.245 e. The number of hydrogen-bond donors (Lipinski definition) is 0. The monoisotopic (exact) mass is 344 g/mol. The maximum absolute atomic E-state index is 12.6. The van der Waals surface area contributed by atoms with Gasteiger partial charge in [-0.15, -0.1) is 0 Å². The Labute approximate surface area is 147 Å². The van der Waals surface area contributed by atoms with E-state index < -0.39 is 0 Å². The predicted octanol–water partition coefficient (Wildman–Crippen LogP) is 1.29. The minimum atomic E-state index is -0.242. The Kier molecular flexibility index (Phi) is 5.16. The van der Waals surface area contributed by atoms with Gasteiger partial charge in [0.15, 0.2) is 0 Å². The molecule has 25 heavy (non-hydrogen) atoms. The Morgan fingerprint density at radius 1 is 1.28 bits per heavy atom. The Bertz CT molecular complexity index is 710. The zero-order valence-electron chi connectivity index (χ0n) is 14.9. The fourth-order valence-corrected chi connectivity index (χ4v) is 2.90. The van der Waals surface area contributed by atoms with Crippen molar-refractivity contribution >= 4 is 11.9 Å². The smallest absolute Gasteiger partial charge is 0.245 e. The summed E-state index contributed by atoms with van der Waals surface area (Å²) in [7, 11) is 0. The molecule has 2 aromatic rings. The molecular formula is C17H24N6O2. The van der Waals surface area contributed by atoms with E-state index in [2.05, 4.69) is 19.9 Å². The van der Waals surface area contributed by atoms with E-state index >= 15 is 0 Å². The lowest BCUT2D eigenvalue weighted by Crippen LogP contribution is -2.50. The summed E-state index contributed by atoms with van der Waals surface area (Å²) in [5.41, 5.74) is 0.876. The van der Waals surface area contributed by atoms with E-state index in [0.717, 1.165) is 5.69 Å². The van der Waals surface area contributed by atoms with Crippen molar-refractivity contribution in [1.29, 1.82) is 0 Å². The van der Waals surface area contributed by atoms with Crippen molar-refractivity contribution in [2.75, 3.05) is 37.7 Å². The first-order valence-corrected chi connectivity index (χ1v) is 8.58. The van der Waals surface area contributed by atoms with Gasteiger partial charge in [0, 0.05) is 50.3 Å². The second kappa shape index (κ2) is 7.50. The number of nitrogens with zero attached hydrogens (tertiary/aromatic N) is 6. The second-order valence-corrected chi connectivity index (χ2v) is 6.08. The summed E-state index contributed by atoms with van der Waals surface area (Å²) in [6.45, 7) is 9.05. The van der Waals surface area contributed by atoms with Crippen molar-refractivity contribution in [2.24, 2.45) is 0 Å². The van der Waals surface area contributed by atoms with Gasteiger partial charge in [0.1, 0.15) is 6.04 Å². The van der Waals surface area contributed by atoms with E-state index in [4.69, 9.17) is 4.74 Å². The van der Waals surface area contributed by atoms with Crippen LogP contribution in [-0.4, -0.2) is 63.1 Å². The Morgan fingerprint density at radius 3 is 2.68 bits per heavy atom. The van der Waals surface area contributed by atoms with Gasteiger partial charge in [-0.1, -0.05) is 0 Å². The Balaban J connectivity index is 1.63. The zero-order chi connectivity index (χ0) is 17.8. The molecule has 1 aliphatic heterocycles. The van der Waals surface area contributed by atoms with Gasteiger partial charge >= 0.3 is 0 Å². The third-order valence-electron chi connectivity index (χ3n) is 4.31. The Morgan fingerprint density at radius 2 is 2.04 bits per heavy atom. The lowest BCUT2D eigenvalue weighted by molar-refractivity contribution is -0.134. The molecule has 1 saturated heterocycles. The van der Waals surface area contributed by atoms with Gasteiger partial charge in [-0.25, -0.2) is 9.97 Å². The highest BCUT2D eigenvalue weighted by atomic mass is 16.5. The summed E-state index contributed by atoms with van der Waals surface area (Å²) in [5, 5.41) is 0. The average Bonchev–Trinajstić information content (AvgIpc) is 3.15. The summed E-state index contributed by atoms with van der Waals surface area (Å²) in [4.78, 5) is 29.6. The van der Waals surface area contributed by atoms with E-state index in [1.54, 1.807) is 12.5 Å². The first-order chi connectivity index (χ1) is 12.1. The molecule has 0 saturated carbocycles. The predicted molar refractivity (Wildman–Crippen MR) is 93.7 cm³/mol. The van der Waals surface area contributed by atoms with Crippen LogP contribution < -0.4 is 9.64 Å². The molecule has 0 aliphatic carbocycles. The maximum atomic E-state index is 12.6. The molecule has 8 nitrogen and oxygen atoms in total. The lowest BCUT2D eigenvalue weighted by Gasteiger charge is -2.36. The number of aromatic nitrogens is 4. The summed E-state index contributed by atoms with van der Waals surface area (Å²) in [6, 6.07) is 1.59. The van der Waals surface area contributed by atoms with E-state index in [1.165, 1.54) is 0 Å². The van der Waals surface area contributed by atoms with Gasteiger partial charge in [0.2, 0.25) is 17.7 Å². The van der Waals surface area contributed by atoms with Gasteiger partial charge < -0.3 is 19.1 Å². The van der Waals surface area contributed by atoms with Crippen LogP contribution in [0.4, 0.5) is 5.95 Å². The number of piperazine rings is 1. The highest BCUT2D eigenvalue weighted by Crippen LogP contribution is 2.18. The van der Waals surface area contributed by atoms with Crippen LogP contribution in [0.25, 0.3) is 0 Å². The molecular weight excluding hydrogens is 320 g/mol. The van der Waals surface area contributed by atoms with Gasteiger partial charge in [-0.05, 0) is 20.8 Å². The van der Waals surface area contributed by atoms with Crippen LogP contribution in [0, 0.1) is 6.92 Å². The van der Waals surface area contributed by atoms with E-state index in [1.807, 2.05) is 42.5 Å². The lowest BCUT2D eigenvalue weighted by atomic mass is 10.2. The fourth-order valence-electron chi connectivity index (χ4n) is 2.90. The summed E-state index contributed by atoms with van der Waals surface area (Å²) in [5.74, 6) is 1.37. The molecule has 1 unspecified atom stereocenters. The van der Waals surface area contributed by atoms with Gasteiger partial charge in [-0.2, -0.15) is 4.98 Å². The second-order valence-electron chi connectivity index (χ2n) is 6.08. The largest absolute Gasteiger partial charge is 0.478 e. The van der Waals surface area contributed by atoms with Crippen molar-refractivity contribution in [1.82, 2.24) is 24.4 Å². The topological polar surface area (TPSA) is 76.4 Å². The summed E-state index contributed by atoms with van der Waals surface area (Å²) >= 11 is 0. The number of carbonyl (C=O) groups excluding carboxylic acids is 1.